The quantitative estimate of drug-likeness (QED) is 0.353. The summed E-state index contributed by atoms with van der Waals surface area (Å²) in [5, 5.41) is 11.2. The third kappa shape index (κ3) is 5.18. The molecule has 1 aromatic heterocycles. The van der Waals surface area contributed by atoms with Crippen molar-refractivity contribution in [1.29, 1.82) is 0 Å². The fraction of sp³-hybridized carbons (Fsp3) is 0.174. The Bertz CT molecular complexity index is 1210. The van der Waals surface area contributed by atoms with E-state index in [2.05, 4.69) is 16.3 Å². The number of carbonyl (C=O) groups excluding carboxylic acids is 1. The summed E-state index contributed by atoms with van der Waals surface area (Å²) in [4.78, 5) is 14.3. The van der Waals surface area contributed by atoms with Crippen molar-refractivity contribution >= 4 is 40.0 Å². The third-order valence-corrected chi connectivity index (χ3v) is 5.83. The molecule has 0 aliphatic rings. The van der Waals surface area contributed by atoms with Gasteiger partial charge in [-0.15, -0.1) is 10.2 Å². The zero-order valence-corrected chi connectivity index (χ0v) is 18.6. The molecule has 0 radical (unpaired) electrons. The standard InChI is InChI=1S/C23H20ClN3O3S/c1-27(13-15-3-4-18-12-20(29-2)10-7-17(18)11-15)21(28)14-31-23-26-25-22(30-23)16-5-8-19(24)9-6-16/h3-12H,13-14H2,1-2H3. The number of amides is 1. The van der Waals surface area contributed by atoms with Gasteiger partial charge >= 0.3 is 0 Å². The molecule has 4 rings (SSSR count). The van der Waals surface area contributed by atoms with Crippen molar-refractivity contribution in [2.24, 2.45) is 0 Å². The Kier molecular flexibility index (Phi) is 6.44. The number of thioether (sulfide) groups is 1. The van der Waals surface area contributed by atoms with Gasteiger partial charge < -0.3 is 14.1 Å². The first-order valence-corrected chi connectivity index (χ1v) is 10.9. The second-order valence-corrected chi connectivity index (χ2v) is 8.33. The number of benzene rings is 3. The van der Waals surface area contributed by atoms with Gasteiger partial charge in [-0.2, -0.15) is 0 Å². The maximum absolute atomic E-state index is 12.6. The molecule has 0 N–H and O–H groups in total. The van der Waals surface area contributed by atoms with E-state index in [9.17, 15) is 4.79 Å². The molecule has 0 fully saturated rings. The van der Waals surface area contributed by atoms with Crippen LogP contribution in [0, 0.1) is 0 Å². The summed E-state index contributed by atoms with van der Waals surface area (Å²) in [7, 11) is 3.44. The van der Waals surface area contributed by atoms with E-state index >= 15 is 0 Å². The molecule has 1 heterocycles. The Morgan fingerprint density at radius 2 is 1.81 bits per heavy atom. The first kappa shape index (κ1) is 21.2. The first-order chi connectivity index (χ1) is 15.0. The van der Waals surface area contributed by atoms with Gasteiger partial charge in [0, 0.05) is 24.2 Å². The van der Waals surface area contributed by atoms with Gasteiger partial charge in [-0.05, 0) is 58.8 Å². The summed E-state index contributed by atoms with van der Waals surface area (Å²) in [6.07, 6.45) is 0. The van der Waals surface area contributed by atoms with Gasteiger partial charge in [0.2, 0.25) is 11.8 Å². The Morgan fingerprint density at radius 1 is 1.06 bits per heavy atom. The molecule has 0 atom stereocenters. The minimum Gasteiger partial charge on any atom is -0.497 e. The van der Waals surface area contributed by atoms with Crippen molar-refractivity contribution in [3.05, 3.63) is 71.2 Å². The Hall–Kier alpha value is -3.03. The zero-order valence-electron chi connectivity index (χ0n) is 17.0. The van der Waals surface area contributed by atoms with E-state index in [1.165, 1.54) is 11.8 Å². The maximum Gasteiger partial charge on any atom is 0.277 e. The lowest BCUT2D eigenvalue weighted by Crippen LogP contribution is -2.27. The van der Waals surface area contributed by atoms with Crippen molar-refractivity contribution in [2.45, 2.75) is 11.8 Å². The molecular weight excluding hydrogens is 434 g/mol. The largest absolute Gasteiger partial charge is 0.497 e. The van der Waals surface area contributed by atoms with Gasteiger partial charge in [-0.25, -0.2) is 0 Å². The number of hydrogen-bond acceptors (Lipinski definition) is 6. The normalized spacial score (nSPS) is 10.9. The average molecular weight is 454 g/mol. The number of nitrogens with zero attached hydrogens (tertiary/aromatic N) is 3. The van der Waals surface area contributed by atoms with Crippen LogP contribution in [-0.4, -0.2) is 40.9 Å². The number of halogens is 1. The van der Waals surface area contributed by atoms with Crippen LogP contribution in [0.15, 0.2) is 70.3 Å². The van der Waals surface area contributed by atoms with Crippen molar-refractivity contribution in [2.75, 3.05) is 19.9 Å². The number of hydrogen-bond donors (Lipinski definition) is 0. The molecule has 8 heteroatoms. The van der Waals surface area contributed by atoms with E-state index in [-0.39, 0.29) is 11.7 Å². The van der Waals surface area contributed by atoms with E-state index in [4.69, 9.17) is 20.8 Å². The van der Waals surface area contributed by atoms with E-state index in [1.807, 2.05) is 42.5 Å². The van der Waals surface area contributed by atoms with Crippen molar-refractivity contribution in [1.82, 2.24) is 15.1 Å². The fourth-order valence-electron chi connectivity index (χ4n) is 3.07. The van der Waals surface area contributed by atoms with Crippen molar-refractivity contribution in [3.8, 4) is 17.2 Å². The lowest BCUT2D eigenvalue weighted by atomic mass is 10.1. The van der Waals surface area contributed by atoms with Gasteiger partial charge in [-0.1, -0.05) is 41.6 Å². The molecule has 0 saturated carbocycles. The van der Waals surface area contributed by atoms with Gasteiger partial charge in [0.25, 0.3) is 5.22 Å². The van der Waals surface area contributed by atoms with E-state index in [1.54, 1.807) is 31.2 Å². The smallest absolute Gasteiger partial charge is 0.277 e. The lowest BCUT2D eigenvalue weighted by molar-refractivity contribution is -0.127. The molecule has 0 unspecified atom stereocenters. The Balaban J connectivity index is 1.34. The molecule has 0 saturated heterocycles. The van der Waals surface area contributed by atoms with Gasteiger partial charge in [0.15, 0.2) is 0 Å². The minimum atomic E-state index is -0.0222. The molecule has 0 aliphatic carbocycles. The topological polar surface area (TPSA) is 68.5 Å². The zero-order chi connectivity index (χ0) is 21.8. The van der Waals surface area contributed by atoms with E-state index in [0.717, 1.165) is 27.6 Å². The van der Waals surface area contributed by atoms with Crippen LogP contribution in [0.4, 0.5) is 0 Å². The SMILES string of the molecule is COc1ccc2cc(CN(C)C(=O)CSc3nnc(-c4ccc(Cl)cc4)o3)ccc2c1. The van der Waals surface area contributed by atoms with Crippen LogP contribution in [0.5, 0.6) is 5.75 Å². The van der Waals surface area contributed by atoms with Crippen LogP contribution < -0.4 is 4.74 Å². The van der Waals surface area contributed by atoms with Crippen LogP contribution in [0.2, 0.25) is 5.02 Å². The molecule has 158 valence electrons. The Labute approximate surface area is 189 Å². The van der Waals surface area contributed by atoms with Crippen molar-refractivity contribution in [3.63, 3.8) is 0 Å². The third-order valence-electron chi connectivity index (χ3n) is 4.77. The monoisotopic (exact) mass is 453 g/mol. The van der Waals surface area contributed by atoms with Crippen molar-refractivity contribution < 1.29 is 13.9 Å². The summed E-state index contributed by atoms with van der Waals surface area (Å²) in [6.45, 7) is 0.515. The highest BCUT2D eigenvalue weighted by atomic mass is 35.5. The Morgan fingerprint density at radius 3 is 2.58 bits per heavy atom. The fourth-order valence-corrected chi connectivity index (χ4v) is 3.90. The number of carbonyl (C=O) groups is 1. The summed E-state index contributed by atoms with van der Waals surface area (Å²) in [5.74, 6) is 1.41. The van der Waals surface area contributed by atoms with E-state index in [0.29, 0.717) is 22.7 Å². The molecule has 1 amide bonds. The molecular formula is C23H20ClN3O3S. The molecule has 0 bridgehead atoms. The molecule has 0 aliphatic heterocycles. The number of rotatable bonds is 7. The number of methoxy groups -OCH3 is 1. The van der Waals surface area contributed by atoms with Crippen LogP contribution in [0.3, 0.4) is 0 Å². The summed E-state index contributed by atoms with van der Waals surface area (Å²) in [5.41, 5.74) is 1.84. The molecule has 6 nitrogen and oxygen atoms in total. The highest BCUT2D eigenvalue weighted by molar-refractivity contribution is 7.99. The van der Waals surface area contributed by atoms with Gasteiger partial charge in [-0.3, -0.25) is 4.79 Å². The summed E-state index contributed by atoms with van der Waals surface area (Å²) >= 11 is 7.12. The molecule has 3 aromatic carbocycles. The predicted molar refractivity (Wildman–Crippen MR) is 122 cm³/mol. The molecule has 31 heavy (non-hydrogen) atoms. The average Bonchev–Trinajstić information content (AvgIpc) is 3.26. The van der Waals surface area contributed by atoms with Crippen LogP contribution in [0.25, 0.3) is 22.2 Å². The maximum atomic E-state index is 12.6. The highest BCUT2D eigenvalue weighted by Gasteiger charge is 2.14. The van der Waals surface area contributed by atoms with Crippen LogP contribution in [0.1, 0.15) is 5.56 Å². The lowest BCUT2D eigenvalue weighted by Gasteiger charge is -2.17. The summed E-state index contributed by atoms with van der Waals surface area (Å²) < 4.78 is 10.9. The summed E-state index contributed by atoms with van der Waals surface area (Å²) in [6, 6.07) is 19.2. The number of ether oxygens (including phenoxy) is 1. The minimum absolute atomic E-state index is 0.0222. The highest BCUT2D eigenvalue weighted by Crippen LogP contribution is 2.25. The van der Waals surface area contributed by atoms with Crippen LogP contribution in [-0.2, 0) is 11.3 Å². The van der Waals surface area contributed by atoms with Gasteiger partial charge in [0.05, 0.1) is 12.9 Å². The number of aromatic nitrogens is 2. The first-order valence-electron chi connectivity index (χ1n) is 9.55. The van der Waals surface area contributed by atoms with E-state index < -0.39 is 0 Å². The second-order valence-electron chi connectivity index (χ2n) is 6.97. The predicted octanol–water partition coefficient (Wildman–Crippen LogP) is 5.30. The molecule has 0 spiro atoms. The molecule has 4 aromatic rings. The second kappa shape index (κ2) is 9.41. The van der Waals surface area contributed by atoms with Gasteiger partial charge in [0.1, 0.15) is 5.75 Å². The number of fused-ring (bicyclic) bond motifs is 1. The van der Waals surface area contributed by atoms with Crippen LogP contribution >= 0.6 is 23.4 Å².